The minimum absolute atomic E-state index is 0.111. The molecule has 0 saturated carbocycles. The Labute approximate surface area is 190 Å². The van der Waals surface area contributed by atoms with Gasteiger partial charge in [-0.05, 0) is 24.6 Å². The molecule has 2 aliphatic rings. The summed E-state index contributed by atoms with van der Waals surface area (Å²) in [6.07, 6.45) is 3.08. The average molecular weight is 510 g/mol. The molecule has 13 heteroatoms. The monoisotopic (exact) mass is 509 g/mol. The molecule has 5 N–H and O–H groups in total. The zero-order valence-corrected chi connectivity index (χ0v) is 19.7. The van der Waals surface area contributed by atoms with Crippen molar-refractivity contribution in [3.63, 3.8) is 0 Å². The predicted molar refractivity (Wildman–Crippen MR) is 118 cm³/mol. The van der Waals surface area contributed by atoms with Gasteiger partial charge in [0.1, 0.15) is 0 Å². The summed E-state index contributed by atoms with van der Waals surface area (Å²) in [6, 6.07) is 6.73. The van der Waals surface area contributed by atoms with Gasteiger partial charge in [0.25, 0.3) is 5.08 Å². The molecule has 1 fully saturated rings. The van der Waals surface area contributed by atoms with Crippen molar-refractivity contribution < 1.29 is 43.3 Å². The highest BCUT2D eigenvalue weighted by atomic mass is 35.5. The maximum atomic E-state index is 12.2. The van der Waals surface area contributed by atoms with E-state index in [1.807, 2.05) is 0 Å². The van der Waals surface area contributed by atoms with E-state index in [-0.39, 0.29) is 13.2 Å². The lowest BCUT2D eigenvalue weighted by atomic mass is 9.70. The fraction of sp³-hybridized carbons (Fsp3) is 0.526. The van der Waals surface area contributed by atoms with Gasteiger partial charge >= 0.3 is 15.2 Å². The van der Waals surface area contributed by atoms with Crippen molar-refractivity contribution in [3.8, 4) is 0 Å². The van der Waals surface area contributed by atoms with Crippen LogP contribution in [0, 0.1) is 5.92 Å². The number of allylic oxidation sites excluding steroid dienone is 1. The van der Waals surface area contributed by atoms with E-state index in [2.05, 4.69) is 4.99 Å². The van der Waals surface area contributed by atoms with Crippen LogP contribution in [-0.2, 0) is 18.6 Å². The first-order chi connectivity index (χ1) is 14.8. The number of aliphatic imine (C=N–C) groups is 1. The minimum Gasteiger partial charge on any atom is -0.376 e. The third-order valence-corrected chi connectivity index (χ3v) is 10.1. The van der Waals surface area contributed by atoms with Gasteiger partial charge in [-0.2, -0.15) is 0 Å². The minimum atomic E-state index is -5.71. The summed E-state index contributed by atoms with van der Waals surface area (Å²) in [6.45, 7) is 2.35. The van der Waals surface area contributed by atoms with Crippen LogP contribution in [0.25, 0.3) is 0 Å². The quantitative estimate of drug-likeness (QED) is 0.330. The Kier molecular flexibility index (Phi) is 7.55. The molecule has 2 heterocycles. The summed E-state index contributed by atoms with van der Waals surface area (Å²) in [5.41, 5.74) is -0.659. The fourth-order valence-corrected chi connectivity index (χ4v) is 6.73. The van der Waals surface area contributed by atoms with Crippen LogP contribution >= 0.6 is 26.8 Å². The van der Waals surface area contributed by atoms with Gasteiger partial charge in [0.05, 0.1) is 31.5 Å². The zero-order chi connectivity index (χ0) is 23.8. The number of rotatable bonds is 8. The van der Waals surface area contributed by atoms with Crippen molar-refractivity contribution in [2.24, 2.45) is 10.9 Å². The molecule has 32 heavy (non-hydrogen) atoms. The smallest absolute Gasteiger partial charge is 0.369 e. The van der Waals surface area contributed by atoms with Gasteiger partial charge < -0.3 is 34.2 Å². The van der Waals surface area contributed by atoms with Gasteiger partial charge in [-0.3, -0.25) is 14.1 Å². The standard InChI is InChI=1S/C19H26ClNO9P2/c1-18(7-4-8-21-18)14(11-19(22,31(23,24)25)32(26,27)28)17(16-12-29-9-10-30-16)13-5-2-3-6-15(13)20/h2-8,14,16-17,22H,9-12H2,1H3,(H2,23,24,25)(H2,26,27,28). The van der Waals surface area contributed by atoms with Crippen molar-refractivity contribution in [3.05, 3.63) is 47.0 Å². The van der Waals surface area contributed by atoms with E-state index in [1.54, 1.807) is 43.3 Å². The average Bonchev–Trinajstić information content (AvgIpc) is 3.15. The highest BCUT2D eigenvalue weighted by Gasteiger charge is 2.62. The molecule has 4 atom stereocenters. The summed E-state index contributed by atoms with van der Waals surface area (Å²) >= 11 is 6.46. The lowest BCUT2D eigenvalue weighted by Crippen LogP contribution is -2.47. The Balaban J connectivity index is 2.21. The van der Waals surface area contributed by atoms with Crippen LogP contribution in [0.4, 0.5) is 0 Å². The SMILES string of the molecule is CC1(C(CC(O)(P(=O)(O)O)P(=O)(O)O)C(c2ccccc2Cl)C2COCCO2)C=CC=N1. The second-order valence-electron chi connectivity index (χ2n) is 8.07. The molecule has 178 valence electrons. The number of benzene rings is 1. The van der Waals surface area contributed by atoms with Crippen molar-refractivity contribution >= 4 is 33.0 Å². The fourth-order valence-electron chi connectivity index (χ4n) is 4.24. The Morgan fingerprint density at radius 1 is 1.22 bits per heavy atom. The van der Waals surface area contributed by atoms with Crippen LogP contribution in [0.15, 0.2) is 41.4 Å². The summed E-state index contributed by atoms with van der Waals surface area (Å²) in [7, 11) is -11.4. The number of nitrogens with zero attached hydrogens (tertiary/aromatic N) is 1. The molecular weight excluding hydrogens is 484 g/mol. The van der Waals surface area contributed by atoms with Gasteiger partial charge in [0.15, 0.2) is 0 Å². The van der Waals surface area contributed by atoms with Gasteiger partial charge in [-0.15, -0.1) is 0 Å². The Morgan fingerprint density at radius 2 is 1.88 bits per heavy atom. The van der Waals surface area contributed by atoms with E-state index < -0.39 is 50.2 Å². The molecule has 0 bridgehead atoms. The molecule has 1 aromatic rings. The van der Waals surface area contributed by atoms with Crippen molar-refractivity contribution in [1.29, 1.82) is 0 Å². The van der Waals surface area contributed by atoms with Crippen LogP contribution in [-0.4, -0.2) is 67.4 Å². The topological polar surface area (TPSA) is 166 Å². The first-order valence-electron chi connectivity index (χ1n) is 9.81. The summed E-state index contributed by atoms with van der Waals surface area (Å²) in [5, 5.41) is 7.48. The number of ether oxygens (including phenoxy) is 2. The lowest BCUT2D eigenvalue weighted by molar-refractivity contribution is -0.110. The Hall–Kier alpha value is -0.900. The summed E-state index contributed by atoms with van der Waals surface area (Å²) in [5.74, 6) is -1.83. The first-order valence-corrected chi connectivity index (χ1v) is 13.4. The summed E-state index contributed by atoms with van der Waals surface area (Å²) in [4.78, 5) is 43.6. The molecule has 0 aliphatic carbocycles. The molecule has 0 radical (unpaired) electrons. The van der Waals surface area contributed by atoms with E-state index in [0.29, 0.717) is 17.2 Å². The number of hydrogen-bond donors (Lipinski definition) is 5. The molecule has 1 saturated heterocycles. The highest BCUT2D eigenvalue weighted by Crippen LogP contribution is 2.71. The number of aliphatic hydroxyl groups is 1. The second kappa shape index (κ2) is 9.39. The van der Waals surface area contributed by atoms with E-state index >= 15 is 0 Å². The summed E-state index contributed by atoms with van der Waals surface area (Å²) < 4.78 is 35.8. The van der Waals surface area contributed by atoms with Gasteiger partial charge in [0.2, 0.25) is 0 Å². The number of halogens is 1. The molecular formula is C19H26ClNO9P2. The second-order valence-corrected chi connectivity index (χ2v) is 12.5. The van der Waals surface area contributed by atoms with Gasteiger partial charge in [0, 0.05) is 29.5 Å². The van der Waals surface area contributed by atoms with Crippen LogP contribution in [0.2, 0.25) is 5.02 Å². The maximum absolute atomic E-state index is 12.2. The van der Waals surface area contributed by atoms with Crippen LogP contribution in [0.5, 0.6) is 0 Å². The Bertz CT molecular complexity index is 949. The zero-order valence-electron chi connectivity index (χ0n) is 17.2. The van der Waals surface area contributed by atoms with E-state index in [4.69, 9.17) is 21.1 Å². The normalized spacial score (nSPS) is 26.3. The predicted octanol–water partition coefficient (Wildman–Crippen LogP) is 2.25. The van der Waals surface area contributed by atoms with Crippen LogP contribution in [0.1, 0.15) is 24.8 Å². The molecule has 0 spiro atoms. The van der Waals surface area contributed by atoms with Crippen LogP contribution in [0.3, 0.4) is 0 Å². The third kappa shape index (κ3) is 4.95. The lowest BCUT2D eigenvalue weighted by Gasteiger charge is -2.44. The van der Waals surface area contributed by atoms with Gasteiger partial charge in [-0.25, -0.2) is 0 Å². The largest absolute Gasteiger partial charge is 0.376 e. The molecule has 1 aromatic carbocycles. The highest BCUT2D eigenvalue weighted by molar-refractivity contribution is 7.72. The molecule has 10 nitrogen and oxygen atoms in total. The van der Waals surface area contributed by atoms with E-state index in [0.717, 1.165) is 0 Å². The van der Waals surface area contributed by atoms with Gasteiger partial charge in [-0.1, -0.05) is 35.9 Å². The van der Waals surface area contributed by atoms with Crippen molar-refractivity contribution in [2.75, 3.05) is 19.8 Å². The van der Waals surface area contributed by atoms with Crippen molar-refractivity contribution in [2.45, 2.75) is 36.0 Å². The van der Waals surface area contributed by atoms with E-state index in [1.165, 1.54) is 6.21 Å². The first kappa shape index (κ1) is 25.7. The Morgan fingerprint density at radius 3 is 2.38 bits per heavy atom. The molecule has 2 aliphatic heterocycles. The maximum Gasteiger partial charge on any atom is 0.369 e. The number of hydrogen-bond acceptors (Lipinski definition) is 6. The van der Waals surface area contributed by atoms with Crippen molar-refractivity contribution in [1.82, 2.24) is 0 Å². The van der Waals surface area contributed by atoms with Crippen LogP contribution < -0.4 is 0 Å². The van der Waals surface area contributed by atoms with E-state index in [9.17, 15) is 33.8 Å². The molecule has 4 unspecified atom stereocenters. The molecule has 0 aromatic heterocycles. The third-order valence-electron chi connectivity index (χ3n) is 5.99. The molecule has 3 rings (SSSR count). The molecule has 0 amide bonds.